The maximum absolute atomic E-state index is 10.6. The van der Waals surface area contributed by atoms with Crippen LogP contribution in [0.15, 0.2) is 18.2 Å². The molecule has 5 heteroatoms. The minimum atomic E-state index is -1.16. The Morgan fingerprint density at radius 3 is 2.73 bits per heavy atom. The molecule has 78 valence electrons. The van der Waals surface area contributed by atoms with Gasteiger partial charge in [-0.25, -0.2) is 0 Å². The van der Waals surface area contributed by atoms with E-state index in [2.05, 4.69) is 0 Å². The number of rotatable bonds is 3. The number of halogens is 2. The zero-order chi connectivity index (χ0) is 11.4. The van der Waals surface area contributed by atoms with Gasteiger partial charge in [0, 0.05) is 6.42 Å². The highest BCUT2D eigenvalue weighted by Crippen LogP contribution is 2.27. The van der Waals surface area contributed by atoms with Gasteiger partial charge in [-0.1, -0.05) is 35.3 Å². The van der Waals surface area contributed by atoms with Crippen molar-refractivity contribution in [2.75, 3.05) is 0 Å². The molecular weight excluding hydrogens is 237 g/mol. The van der Waals surface area contributed by atoms with Gasteiger partial charge in [0.15, 0.2) is 0 Å². The summed E-state index contributed by atoms with van der Waals surface area (Å²) >= 11 is 11.6. The Balaban J connectivity index is 2.95. The van der Waals surface area contributed by atoms with E-state index >= 15 is 0 Å². The van der Waals surface area contributed by atoms with E-state index in [-0.39, 0.29) is 6.42 Å². The number of nitriles is 1. The molecule has 0 fully saturated rings. The molecule has 0 heterocycles. The summed E-state index contributed by atoms with van der Waals surface area (Å²) in [6.07, 6.45) is 0.0607. The highest BCUT2D eigenvalue weighted by molar-refractivity contribution is 6.42. The molecule has 0 spiro atoms. The molecule has 1 rings (SSSR count). The summed E-state index contributed by atoms with van der Waals surface area (Å²) in [5, 5.41) is 18.0. The minimum absolute atomic E-state index is 0.0607. The van der Waals surface area contributed by atoms with Crippen LogP contribution in [-0.4, -0.2) is 11.1 Å². The molecule has 0 saturated heterocycles. The molecule has 1 aromatic carbocycles. The van der Waals surface area contributed by atoms with E-state index in [1.54, 1.807) is 24.3 Å². The van der Waals surface area contributed by atoms with E-state index in [4.69, 9.17) is 33.6 Å². The first-order valence-corrected chi connectivity index (χ1v) is 4.87. The number of carboxylic acid groups (broad SMARTS) is 1. The molecule has 0 aliphatic rings. The molecule has 0 amide bonds. The van der Waals surface area contributed by atoms with Crippen molar-refractivity contribution in [3.63, 3.8) is 0 Å². The van der Waals surface area contributed by atoms with E-state index in [0.29, 0.717) is 15.6 Å². The van der Waals surface area contributed by atoms with Crippen LogP contribution in [0.1, 0.15) is 5.56 Å². The maximum Gasteiger partial charge on any atom is 0.321 e. The molecule has 0 aliphatic carbocycles. The SMILES string of the molecule is N#C[C@@H](Cc1cccc(Cl)c1Cl)C(=O)O. The molecule has 1 N–H and O–H groups in total. The second-order valence-corrected chi connectivity index (χ2v) is 3.72. The van der Waals surface area contributed by atoms with Gasteiger partial charge in [0.25, 0.3) is 0 Å². The van der Waals surface area contributed by atoms with Crippen molar-refractivity contribution in [2.45, 2.75) is 6.42 Å². The molecular formula is C10H7Cl2NO2. The van der Waals surface area contributed by atoms with E-state index in [0.717, 1.165) is 0 Å². The highest BCUT2D eigenvalue weighted by atomic mass is 35.5. The second kappa shape index (κ2) is 5.01. The van der Waals surface area contributed by atoms with Gasteiger partial charge in [0.1, 0.15) is 5.92 Å². The van der Waals surface area contributed by atoms with Crippen LogP contribution >= 0.6 is 23.2 Å². The van der Waals surface area contributed by atoms with Gasteiger partial charge in [-0.3, -0.25) is 4.79 Å². The third kappa shape index (κ3) is 2.85. The predicted octanol–water partition coefficient (Wildman–Crippen LogP) is 2.76. The van der Waals surface area contributed by atoms with Crippen LogP contribution in [-0.2, 0) is 11.2 Å². The first-order chi connectivity index (χ1) is 7.06. The smallest absolute Gasteiger partial charge is 0.321 e. The lowest BCUT2D eigenvalue weighted by Gasteiger charge is -2.06. The number of carbonyl (C=O) groups is 1. The number of carboxylic acids is 1. The van der Waals surface area contributed by atoms with Crippen LogP contribution in [0.3, 0.4) is 0 Å². The van der Waals surface area contributed by atoms with Gasteiger partial charge in [-0.05, 0) is 11.6 Å². The number of nitrogens with zero attached hydrogens (tertiary/aromatic N) is 1. The summed E-state index contributed by atoms with van der Waals surface area (Å²) < 4.78 is 0. The number of hydrogen-bond acceptors (Lipinski definition) is 2. The van der Waals surface area contributed by atoms with E-state index in [1.165, 1.54) is 0 Å². The first-order valence-electron chi connectivity index (χ1n) is 4.11. The fourth-order valence-electron chi connectivity index (χ4n) is 1.11. The molecule has 1 atom stereocenters. The first kappa shape index (κ1) is 11.8. The lowest BCUT2D eigenvalue weighted by atomic mass is 10.0. The molecule has 15 heavy (non-hydrogen) atoms. The topological polar surface area (TPSA) is 61.1 Å². The molecule has 3 nitrogen and oxygen atoms in total. The maximum atomic E-state index is 10.6. The summed E-state index contributed by atoms with van der Waals surface area (Å²) in [6, 6.07) is 6.62. The quantitative estimate of drug-likeness (QED) is 0.889. The van der Waals surface area contributed by atoms with Crippen LogP contribution in [0.5, 0.6) is 0 Å². The van der Waals surface area contributed by atoms with Gasteiger partial charge >= 0.3 is 5.97 Å². The van der Waals surface area contributed by atoms with Gasteiger partial charge in [-0.15, -0.1) is 0 Å². The van der Waals surface area contributed by atoms with Gasteiger partial charge in [0.05, 0.1) is 16.1 Å². The molecule has 0 unspecified atom stereocenters. The molecule has 1 aromatic rings. The number of benzene rings is 1. The van der Waals surface area contributed by atoms with Crippen molar-refractivity contribution >= 4 is 29.2 Å². The fraction of sp³-hybridized carbons (Fsp3) is 0.200. The van der Waals surface area contributed by atoms with E-state index in [1.807, 2.05) is 0 Å². The van der Waals surface area contributed by atoms with Crippen molar-refractivity contribution in [3.8, 4) is 6.07 Å². The lowest BCUT2D eigenvalue weighted by Crippen LogP contribution is -2.14. The predicted molar refractivity (Wildman–Crippen MR) is 56.9 cm³/mol. The Morgan fingerprint density at radius 1 is 1.53 bits per heavy atom. The normalized spacial score (nSPS) is 11.8. The Bertz CT molecular complexity index is 426. The largest absolute Gasteiger partial charge is 0.480 e. The fourth-order valence-corrected chi connectivity index (χ4v) is 1.51. The zero-order valence-corrected chi connectivity index (χ0v) is 9.09. The molecule has 0 saturated carbocycles. The highest BCUT2D eigenvalue weighted by Gasteiger charge is 2.18. The van der Waals surface area contributed by atoms with Crippen molar-refractivity contribution in [3.05, 3.63) is 33.8 Å². The zero-order valence-electron chi connectivity index (χ0n) is 7.58. The standard InChI is InChI=1S/C10H7Cl2NO2/c11-8-3-1-2-6(9(8)12)4-7(5-13)10(14)15/h1-3,7H,4H2,(H,14,15)/t7-/m1/s1. The summed E-state index contributed by atoms with van der Waals surface area (Å²) in [6.45, 7) is 0. The van der Waals surface area contributed by atoms with E-state index < -0.39 is 11.9 Å². The third-order valence-corrected chi connectivity index (χ3v) is 2.77. The summed E-state index contributed by atoms with van der Waals surface area (Å²) in [5.74, 6) is -2.26. The third-order valence-electron chi connectivity index (χ3n) is 1.91. The second-order valence-electron chi connectivity index (χ2n) is 2.94. The van der Waals surface area contributed by atoms with Crippen molar-refractivity contribution in [1.82, 2.24) is 0 Å². The van der Waals surface area contributed by atoms with Crippen molar-refractivity contribution in [1.29, 1.82) is 5.26 Å². The van der Waals surface area contributed by atoms with Crippen LogP contribution < -0.4 is 0 Å². The summed E-state index contributed by atoms with van der Waals surface area (Å²) in [5.41, 5.74) is 0.568. The van der Waals surface area contributed by atoms with Gasteiger partial charge in [0.2, 0.25) is 0 Å². The van der Waals surface area contributed by atoms with E-state index in [9.17, 15) is 4.79 Å². The Morgan fingerprint density at radius 2 is 2.20 bits per heavy atom. The minimum Gasteiger partial charge on any atom is -0.480 e. The number of hydrogen-bond donors (Lipinski definition) is 1. The summed E-state index contributed by atoms with van der Waals surface area (Å²) in [4.78, 5) is 10.6. The van der Waals surface area contributed by atoms with Gasteiger partial charge in [-0.2, -0.15) is 5.26 Å². The summed E-state index contributed by atoms with van der Waals surface area (Å²) in [7, 11) is 0. The van der Waals surface area contributed by atoms with Crippen LogP contribution in [0.4, 0.5) is 0 Å². The molecule has 0 radical (unpaired) electrons. The Labute approximate surface area is 96.8 Å². The van der Waals surface area contributed by atoms with Crippen molar-refractivity contribution < 1.29 is 9.90 Å². The molecule has 0 bridgehead atoms. The van der Waals surface area contributed by atoms with Gasteiger partial charge < -0.3 is 5.11 Å². The Hall–Kier alpha value is -1.24. The molecule has 0 aliphatic heterocycles. The van der Waals surface area contributed by atoms with Crippen LogP contribution in [0.25, 0.3) is 0 Å². The van der Waals surface area contributed by atoms with Crippen LogP contribution in [0, 0.1) is 17.2 Å². The Kier molecular flexibility index (Phi) is 3.96. The van der Waals surface area contributed by atoms with Crippen molar-refractivity contribution in [2.24, 2.45) is 5.92 Å². The average Bonchev–Trinajstić information content (AvgIpc) is 2.19. The molecule has 0 aromatic heterocycles. The lowest BCUT2D eigenvalue weighted by molar-refractivity contribution is -0.139. The van der Waals surface area contributed by atoms with Crippen LogP contribution in [0.2, 0.25) is 10.0 Å². The monoisotopic (exact) mass is 243 g/mol. The number of aliphatic carboxylic acids is 1. The average molecular weight is 244 g/mol.